The van der Waals surface area contributed by atoms with E-state index < -0.39 is 21.3 Å². The summed E-state index contributed by atoms with van der Waals surface area (Å²) in [6.07, 6.45) is 2.58. The van der Waals surface area contributed by atoms with Crippen molar-refractivity contribution in [3.63, 3.8) is 0 Å². The zero-order valence-electron chi connectivity index (χ0n) is 13.4. The van der Waals surface area contributed by atoms with Gasteiger partial charge in [-0.2, -0.15) is 0 Å². The van der Waals surface area contributed by atoms with Gasteiger partial charge in [0.1, 0.15) is 23.8 Å². The summed E-state index contributed by atoms with van der Waals surface area (Å²) in [6, 6.07) is 10.2. The molecule has 25 heavy (non-hydrogen) atoms. The van der Waals surface area contributed by atoms with Gasteiger partial charge in [0.05, 0.1) is 11.0 Å². The lowest BCUT2D eigenvalue weighted by atomic mass is 10.3. The monoisotopic (exact) mass is 360 g/mol. The average Bonchev–Trinajstić information content (AvgIpc) is 2.85. The van der Waals surface area contributed by atoms with E-state index in [1.54, 1.807) is 34.9 Å². The molecule has 0 unspecified atom stereocenters. The average molecular weight is 360 g/mol. The van der Waals surface area contributed by atoms with E-state index in [1.165, 1.54) is 12.3 Å². The largest absolute Gasteiger partial charge is 0.327 e. The Bertz CT molecular complexity index is 1100. The summed E-state index contributed by atoms with van der Waals surface area (Å²) in [4.78, 5) is 30.8. The van der Waals surface area contributed by atoms with E-state index in [2.05, 4.69) is 15.3 Å². The van der Waals surface area contributed by atoms with Crippen LogP contribution in [0.25, 0.3) is 11.0 Å². The van der Waals surface area contributed by atoms with Crippen molar-refractivity contribution in [1.29, 1.82) is 0 Å². The van der Waals surface area contributed by atoms with Gasteiger partial charge in [0.2, 0.25) is 5.91 Å². The molecule has 9 heteroatoms. The summed E-state index contributed by atoms with van der Waals surface area (Å²) in [7, 11) is -3.32. The molecule has 0 spiro atoms. The molecule has 2 aromatic heterocycles. The molecule has 0 bridgehead atoms. The number of anilines is 1. The minimum atomic E-state index is -3.32. The third kappa shape index (κ3) is 3.94. The topological polar surface area (TPSA) is 114 Å². The molecule has 0 fully saturated rings. The second-order valence-electron chi connectivity index (χ2n) is 5.63. The van der Waals surface area contributed by atoms with Crippen LogP contribution in [0, 0.1) is 0 Å². The molecule has 2 heterocycles. The molecule has 1 amide bonds. The maximum Gasteiger partial charge on any atom is 0.271 e. The summed E-state index contributed by atoms with van der Waals surface area (Å²) >= 11 is 0. The van der Waals surface area contributed by atoms with E-state index in [4.69, 9.17) is 0 Å². The third-order valence-corrected chi connectivity index (χ3v) is 4.30. The molecule has 1 aromatic carbocycles. The lowest BCUT2D eigenvalue weighted by molar-refractivity contribution is -0.116. The van der Waals surface area contributed by atoms with Crippen molar-refractivity contribution in [2.75, 3.05) is 11.6 Å². The number of rotatable bonds is 5. The predicted molar refractivity (Wildman–Crippen MR) is 94.0 cm³/mol. The number of para-hydroxylation sites is 2. The second-order valence-corrected chi connectivity index (χ2v) is 7.77. The molecule has 130 valence electrons. The summed E-state index contributed by atoms with van der Waals surface area (Å²) < 4.78 is 24.8. The number of sulfone groups is 1. The van der Waals surface area contributed by atoms with Crippen LogP contribution in [-0.2, 0) is 26.9 Å². The number of hydrogen-bond donors (Lipinski definition) is 2. The van der Waals surface area contributed by atoms with Crippen LogP contribution < -0.4 is 10.9 Å². The van der Waals surface area contributed by atoms with E-state index in [0.717, 1.165) is 6.26 Å². The molecule has 8 nitrogen and oxygen atoms in total. The number of imidazole rings is 1. The molecular formula is C16H16N4O4S. The van der Waals surface area contributed by atoms with Gasteiger partial charge < -0.3 is 14.9 Å². The molecule has 0 aliphatic heterocycles. The smallest absolute Gasteiger partial charge is 0.271 e. The first-order valence-electron chi connectivity index (χ1n) is 7.43. The van der Waals surface area contributed by atoms with Gasteiger partial charge in [0.15, 0.2) is 9.84 Å². The molecular weight excluding hydrogens is 344 g/mol. The molecule has 2 N–H and O–H groups in total. The lowest BCUT2D eigenvalue weighted by Gasteiger charge is -2.09. The minimum absolute atomic E-state index is 0.126. The number of fused-ring (bicyclic) bond motifs is 1. The molecule has 3 rings (SSSR count). The maximum absolute atomic E-state index is 12.3. The Morgan fingerprint density at radius 3 is 2.72 bits per heavy atom. The van der Waals surface area contributed by atoms with Crippen LogP contribution in [0.15, 0.2) is 47.4 Å². The Morgan fingerprint density at radius 1 is 1.24 bits per heavy atom. The van der Waals surface area contributed by atoms with Crippen molar-refractivity contribution in [2.45, 2.75) is 12.3 Å². The standard InChI is InChI=1S/C16H16N4O4S/c1-25(23,24)10-14-18-11-5-2-3-7-13(11)20(14)9-15(21)19-12-6-4-8-17-16(12)22/h2-8H,9-10H2,1H3,(H,17,22)(H,19,21). The molecule has 0 radical (unpaired) electrons. The van der Waals surface area contributed by atoms with Crippen LogP contribution >= 0.6 is 0 Å². The van der Waals surface area contributed by atoms with Gasteiger partial charge in [-0.3, -0.25) is 9.59 Å². The number of benzene rings is 1. The normalized spacial score (nSPS) is 11.6. The highest BCUT2D eigenvalue weighted by molar-refractivity contribution is 7.89. The highest BCUT2D eigenvalue weighted by Gasteiger charge is 2.17. The predicted octanol–water partition coefficient (Wildman–Crippen LogP) is 0.908. The van der Waals surface area contributed by atoms with Crippen LogP contribution in [0.2, 0.25) is 0 Å². The van der Waals surface area contributed by atoms with Crippen LogP contribution in [0.3, 0.4) is 0 Å². The number of carbonyl (C=O) groups excluding carboxylic acids is 1. The SMILES string of the molecule is CS(=O)(=O)Cc1nc2ccccc2n1CC(=O)Nc1ccc[nH]c1=O. The Kier molecular flexibility index (Phi) is 4.41. The number of nitrogens with one attached hydrogen (secondary N) is 2. The number of hydrogen-bond acceptors (Lipinski definition) is 5. The molecule has 0 aliphatic carbocycles. The Balaban J connectivity index is 1.94. The quantitative estimate of drug-likeness (QED) is 0.702. The van der Waals surface area contributed by atoms with E-state index in [9.17, 15) is 18.0 Å². The summed E-state index contributed by atoms with van der Waals surface area (Å²) in [6.45, 7) is -0.153. The van der Waals surface area contributed by atoms with E-state index in [1.807, 2.05) is 0 Å². The molecule has 0 saturated carbocycles. The zero-order valence-corrected chi connectivity index (χ0v) is 14.2. The second kappa shape index (κ2) is 6.52. The molecule has 0 aliphatic rings. The van der Waals surface area contributed by atoms with Crippen LogP contribution in [0.5, 0.6) is 0 Å². The fourth-order valence-corrected chi connectivity index (χ4v) is 3.19. The van der Waals surface area contributed by atoms with E-state index >= 15 is 0 Å². The van der Waals surface area contributed by atoms with Gasteiger partial charge in [-0.05, 0) is 24.3 Å². The fraction of sp³-hybridized carbons (Fsp3) is 0.188. The first-order valence-corrected chi connectivity index (χ1v) is 9.49. The number of aromatic nitrogens is 3. The number of aromatic amines is 1. The van der Waals surface area contributed by atoms with Crippen molar-refractivity contribution in [3.8, 4) is 0 Å². The molecule has 0 saturated heterocycles. The highest BCUT2D eigenvalue weighted by Crippen LogP contribution is 2.17. The number of amides is 1. The summed E-state index contributed by atoms with van der Waals surface area (Å²) in [5.74, 6) is -0.448. The first-order chi connectivity index (χ1) is 11.8. The van der Waals surface area contributed by atoms with Gasteiger partial charge in [0.25, 0.3) is 5.56 Å². The third-order valence-electron chi connectivity index (χ3n) is 3.52. The van der Waals surface area contributed by atoms with Crippen molar-refractivity contribution >= 4 is 32.5 Å². The van der Waals surface area contributed by atoms with Gasteiger partial charge >= 0.3 is 0 Å². The fourth-order valence-electron chi connectivity index (χ4n) is 2.50. The number of carbonyl (C=O) groups is 1. The maximum atomic E-state index is 12.3. The number of pyridine rings is 1. The van der Waals surface area contributed by atoms with Crippen molar-refractivity contribution in [1.82, 2.24) is 14.5 Å². The Labute approximate surface area is 143 Å². The van der Waals surface area contributed by atoms with Gasteiger partial charge in [0, 0.05) is 12.5 Å². The molecule has 3 aromatic rings. The van der Waals surface area contributed by atoms with Crippen LogP contribution in [-0.4, -0.2) is 35.1 Å². The van der Waals surface area contributed by atoms with Crippen molar-refractivity contribution < 1.29 is 13.2 Å². The first kappa shape index (κ1) is 16.9. The van der Waals surface area contributed by atoms with Crippen LogP contribution in [0.1, 0.15) is 5.82 Å². The summed E-state index contributed by atoms with van der Waals surface area (Å²) in [5, 5.41) is 2.52. The molecule has 0 atom stereocenters. The highest BCUT2D eigenvalue weighted by atomic mass is 32.2. The van der Waals surface area contributed by atoms with Crippen molar-refractivity contribution in [2.24, 2.45) is 0 Å². The Hall–Kier alpha value is -2.94. The van der Waals surface area contributed by atoms with Gasteiger partial charge in [-0.25, -0.2) is 13.4 Å². The minimum Gasteiger partial charge on any atom is -0.327 e. The van der Waals surface area contributed by atoms with E-state index in [0.29, 0.717) is 11.0 Å². The van der Waals surface area contributed by atoms with Gasteiger partial charge in [-0.1, -0.05) is 12.1 Å². The lowest BCUT2D eigenvalue weighted by Crippen LogP contribution is -2.24. The van der Waals surface area contributed by atoms with Gasteiger partial charge in [-0.15, -0.1) is 0 Å². The number of H-pyrrole nitrogens is 1. The number of nitrogens with zero attached hydrogens (tertiary/aromatic N) is 2. The van der Waals surface area contributed by atoms with E-state index in [-0.39, 0.29) is 23.8 Å². The van der Waals surface area contributed by atoms with Crippen molar-refractivity contribution in [3.05, 3.63) is 58.8 Å². The zero-order chi connectivity index (χ0) is 18.0. The van der Waals surface area contributed by atoms with Crippen LogP contribution in [0.4, 0.5) is 5.69 Å². The Morgan fingerprint density at radius 2 is 2.00 bits per heavy atom. The summed E-state index contributed by atoms with van der Waals surface area (Å²) in [5.41, 5.74) is 0.967.